The summed E-state index contributed by atoms with van der Waals surface area (Å²) < 4.78 is 0.657. The third kappa shape index (κ3) is 2.57. The fraction of sp³-hybridized carbons (Fsp3) is 0.333. The second-order valence-electron chi connectivity index (χ2n) is 4.60. The number of amides is 1. The molecule has 0 aliphatic carbocycles. The first-order valence-corrected chi connectivity index (χ1v) is 6.43. The molecule has 0 radical (unpaired) electrons. The topological polar surface area (TPSA) is 104 Å². The molecule has 102 valence electrons. The Balaban J connectivity index is 2.22. The van der Waals surface area contributed by atoms with E-state index in [2.05, 4.69) is 15.9 Å². The standard InChI is InChI=1S/C12H13BrN2O4/c13-7-1-2-9(16)8(5-7)10(17)15-4-3-12(14,6-15)11(18)19/h1-2,5,16H,3-4,6,14H2,(H,18,19). The fourth-order valence-corrected chi connectivity index (χ4v) is 2.39. The Morgan fingerprint density at radius 2 is 2.11 bits per heavy atom. The summed E-state index contributed by atoms with van der Waals surface area (Å²) in [5, 5.41) is 18.7. The van der Waals surface area contributed by atoms with E-state index in [1.165, 1.54) is 17.0 Å². The van der Waals surface area contributed by atoms with Crippen molar-refractivity contribution in [3.05, 3.63) is 28.2 Å². The van der Waals surface area contributed by atoms with E-state index in [1.54, 1.807) is 6.07 Å². The zero-order chi connectivity index (χ0) is 14.2. The van der Waals surface area contributed by atoms with Gasteiger partial charge in [-0.15, -0.1) is 0 Å². The third-order valence-corrected chi connectivity index (χ3v) is 3.70. The summed E-state index contributed by atoms with van der Waals surface area (Å²) in [6.07, 6.45) is 0.197. The molecule has 1 fully saturated rings. The quantitative estimate of drug-likeness (QED) is 0.744. The van der Waals surface area contributed by atoms with Crippen molar-refractivity contribution in [3.63, 3.8) is 0 Å². The van der Waals surface area contributed by atoms with Crippen molar-refractivity contribution in [3.8, 4) is 5.75 Å². The van der Waals surface area contributed by atoms with E-state index in [4.69, 9.17) is 10.8 Å². The van der Waals surface area contributed by atoms with Crippen LogP contribution in [0.1, 0.15) is 16.8 Å². The van der Waals surface area contributed by atoms with Crippen molar-refractivity contribution in [2.75, 3.05) is 13.1 Å². The number of hydrogen-bond donors (Lipinski definition) is 3. The Morgan fingerprint density at radius 1 is 1.42 bits per heavy atom. The number of rotatable bonds is 2. The van der Waals surface area contributed by atoms with Gasteiger partial charge < -0.3 is 20.8 Å². The number of nitrogens with zero attached hydrogens (tertiary/aromatic N) is 1. The molecule has 1 aromatic carbocycles. The summed E-state index contributed by atoms with van der Waals surface area (Å²) in [6.45, 7) is 0.195. The zero-order valence-electron chi connectivity index (χ0n) is 9.97. The number of carbonyl (C=O) groups excluding carboxylic acids is 1. The van der Waals surface area contributed by atoms with Gasteiger partial charge in [-0.1, -0.05) is 15.9 Å². The maximum absolute atomic E-state index is 12.2. The second-order valence-corrected chi connectivity index (χ2v) is 5.52. The number of phenolic OH excluding ortho intramolecular Hbond substituents is 1. The summed E-state index contributed by atoms with van der Waals surface area (Å²) in [4.78, 5) is 24.6. The zero-order valence-corrected chi connectivity index (χ0v) is 11.6. The second kappa shape index (κ2) is 4.82. The van der Waals surface area contributed by atoms with Gasteiger partial charge in [-0.3, -0.25) is 9.59 Å². The van der Waals surface area contributed by atoms with Gasteiger partial charge in [0, 0.05) is 17.6 Å². The van der Waals surface area contributed by atoms with Gasteiger partial charge in [0.05, 0.1) is 5.56 Å². The average Bonchev–Trinajstić information content (AvgIpc) is 2.76. The molecule has 19 heavy (non-hydrogen) atoms. The molecule has 1 aliphatic heterocycles. The molecule has 6 nitrogen and oxygen atoms in total. The van der Waals surface area contributed by atoms with Gasteiger partial charge in [0.1, 0.15) is 11.3 Å². The Morgan fingerprint density at radius 3 is 2.68 bits per heavy atom. The van der Waals surface area contributed by atoms with Crippen LogP contribution in [0.5, 0.6) is 5.75 Å². The number of carbonyl (C=O) groups is 2. The van der Waals surface area contributed by atoms with Crippen LogP contribution in [0, 0.1) is 0 Å². The van der Waals surface area contributed by atoms with Crippen molar-refractivity contribution >= 4 is 27.8 Å². The lowest BCUT2D eigenvalue weighted by molar-refractivity contribution is -0.142. The van der Waals surface area contributed by atoms with Gasteiger partial charge in [-0.2, -0.15) is 0 Å². The van der Waals surface area contributed by atoms with Gasteiger partial charge in [-0.05, 0) is 24.6 Å². The van der Waals surface area contributed by atoms with E-state index in [0.29, 0.717) is 4.47 Å². The maximum atomic E-state index is 12.2. The number of phenols is 1. The number of aromatic hydroxyl groups is 1. The SMILES string of the molecule is NC1(C(=O)O)CCN(C(=O)c2cc(Br)ccc2O)C1. The van der Waals surface area contributed by atoms with Gasteiger partial charge >= 0.3 is 5.97 Å². The van der Waals surface area contributed by atoms with Crippen LogP contribution in [0.2, 0.25) is 0 Å². The van der Waals surface area contributed by atoms with Crippen molar-refractivity contribution in [1.29, 1.82) is 0 Å². The summed E-state index contributed by atoms with van der Waals surface area (Å²) >= 11 is 3.22. The van der Waals surface area contributed by atoms with Crippen molar-refractivity contribution in [1.82, 2.24) is 4.90 Å². The van der Waals surface area contributed by atoms with Crippen LogP contribution < -0.4 is 5.73 Å². The van der Waals surface area contributed by atoms with Gasteiger partial charge in [0.2, 0.25) is 0 Å². The molecule has 1 aromatic rings. The van der Waals surface area contributed by atoms with Crippen molar-refractivity contribution in [2.24, 2.45) is 5.73 Å². The van der Waals surface area contributed by atoms with E-state index in [-0.39, 0.29) is 30.8 Å². The molecule has 1 aliphatic rings. The lowest BCUT2D eigenvalue weighted by Gasteiger charge is -2.20. The summed E-state index contributed by atoms with van der Waals surface area (Å²) in [6, 6.07) is 4.51. The Labute approximate surface area is 117 Å². The van der Waals surface area contributed by atoms with Crippen LogP contribution in [0.3, 0.4) is 0 Å². The maximum Gasteiger partial charge on any atom is 0.325 e. The fourth-order valence-electron chi connectivity index (χ4n) is 2.03. The van der Waals surface area contributed by atoms with E-state index in [1.807, 2.05) is 0 Å². The highest BCUT2D eigenvalue weighted by atomic mass is 79.9. The van der Waals surface area contributed by atoms with Crippen LogP contribution in [-0.2, 0) is 4.79 Å². The predicted molar refractivity (Wildman–Crippen MR) is 70.9 cm³/mol. The largest absolute Gasteiger partial charge is 0.507 e. The predicted octanol–water partition coefficient (Wildman–Crippen LogP) is 0.783. The first-order valence-electron chi connectivity index (χ1n) is 5.63. The van der Waals surface area contributed by atoms with Gasteiger partial charge in [-0.25, -0.2) is 0 Å². The van der Waals surface area contributed by atoms with Crippen LogP contribution in [0.4, 0.5) is 0 Å². The number of aliphatic carboxylic acids is 1. The molecular weight excluding hydrogens is 316 g/mol. The van der Waals surface area contributed by atoms with E-state index in [0.717, 1.165) is 0 Å². The monoisotopic (exact) mass is 328 g/mol. The number of hydrogen-bond acceptors (Lipinski definition) is 4. The number of carboxylic acids is 1. The molecule has 1 heterocycles. The van der Waals surface area contributed by atoms with Crippen molar-refractivity contribution < 1.29 is 19.8 Å². The lowest BCUT2D eigenvalue weighted by atomic mass is 10.0. The van der Waals surface area contributed by atoms with Gasteiger partial charge in [0.25, 0.3) is 5.91 Å². The van der Waals surface area contributed by atoms with Crippen LogP contribution in [0.25, 0.3) is 0 Å². The number of likely N-dealkylation sites (tertiary alicyclic amines) is 1. The molecular formula is C12H13BrN2O4. The molecule has 2 rings (SSSR count). The molecule has 0 bridgehead atoms. The third-order valence-electron chi connectivity index (χ3n) is 3.20. The highest BCUT2D eigenvalue weighted by molar-refractivity contribution is 9.10. The summed E-state index contributed by atoms with van der Waals surface area (Å²) in [5.74, 6) is -1.69. The van der Waals surface area contributed by atoms with E-state index < -0.39 is 17.4 Å². The number of halogens is 1. The van der Waals surface area contributed by atoms with E-state index >= 15 is 0 Å². The van der Waals surface area contributed by atoms with Crippen LogP contribution in [-0.4, -0.2) is 45.6 Å². The molecule has 0 spiro atoms. The number of nitrogens with two attached hydrogens (primary N) is 1. The first-order chi connectivity index (χ1) is 8.83. The highest BCUT2D eigenvalue weighted by Crippen LogP contribution is 2.26. The minimum absolute atomic E-state index is 0.0624. The minimum Gasteiger partial charge on any atom is -0.507 e. The van der Waals surface area contributed by atoms with Crippen LogP contribution >= 0.6 is 15.9 Å². The number of benzene rings is 1. The van der Waals surface area contributed by atoms with Gasteiger partial charge in [0.15, 0.2) is 0 Å². The molecule has 0 saturated carbocycles. The molecule has 1 unspecified atom stereocenters. The molecule has 1 saturated heterocycles. The van der Waals surface area contributed by atoms with Crippen molar-refractivity contribution in [2.45, 2.75) is 12.0 Å². The average molecular weight is 329 g/mol. The molecule has 0 aromatic heterocycles. The Bertz CT molecular complexity index is 549. The molecule has 7 heteroatoms. The normalized spacial score (nSPS) is 22.5. The van der Waals surface area contributed by atoms with Crippen LogP contribution in [0.15, 0.2) is 22.7 Å². The summed E-state index contributed by atoms with van der Waals surface area (Å²) in [5.41, 5.74) is 4.43. The molecule has 1 amide bonds. The first kappa shape index (κ1) is 13.8. The molecule has 4 N–H and O–H groups in total. The Kier molecular flexibility index (Phi) is 3.51. The summed E-state index contributed by atoms with van der Waals surface area (Å²) in [7, 11) is 0. The van der Waals surface area contributed by atoms with E-state index in [9.17, 15) is 14.7 Å². The lowest BCUT2D eigenvalue weighted by Crippen LogP contribution is -2.50. The smallest absolute Gasteiger partial charge is 0.325 e. The number of carboxylic acid groups (broad SMARTS) is 1. The highest BCUT2D eigenvalue weighted by Gasteiger charge is 2.43. The Hall–Kier alpha value is -1.60. The minimum atomic E-state index is -1.41. The molecule has 1 atom stereocenters.